The van der Waals surface area contributed by atoms with E-state index in [2.05, 4.69) is 6.07 Å². The first-order valence-corrected chi connectivity index (χ1v) is 33.8. The Morgan fingerprint density at radius 2 is 0.720 bits per heavy atom. The summed E-state index contributed by atoms with van der Waals surface area (Å²) in [7, 11) is -13.0. The van der Waals surface area contributed by atoms with Gasteiger partial charge in [0.2, 0.25) is 0 Å². The van der Waals surface area contributed by atoms with Gasteiger partial charge in [-0.25, -0.2) is 0 Å². The van der Waals surface area contributed by atoms with Gasteiger partial charge in [-0.3, -0.25) is 13.7 Å². The average Bonchev–Trinajstić information content (AvgIpc) is 2.03. The minimum atomic E-state index is -3.83. The molecule has 0 fully saturated rings. The molecule has 4 aliphatic heterocycles. The van der Waals surface area contributed by atoms with Crippen molar-refractivity contribution in [2.75, 3.05) is 6.61 Å². The Morgan fingerprint density at radius 3 is 1.15 bits per heavy atom. The smallest absolute Gasteiger partial charge is 0.282 e. The molecule has 406 valence electrons. The van der Waals surface area contributed by atoms with Crippen LogP contribution in [0.15, 0.2) is 218 Å². The summed E-state index contributed by atoms with van der Waals surface area (Å²) in [5.41, 5.74) is 8.89. The van der Waals surface area contributed by atoms with Crippen molar-refractivity contribution in [1.29, 1.82) is 0 Å². The van der Waals surface area contributed by atoms with Gasteiger partial charge < -0.3 is 32.8 Å². The first-order valence-electron chi connectivity index (χ1n) is 27.2. The zero-order chi connectivity index (χ0) is 56.0. The number of rotatable bonds is 12. The second-order valence-corrected chi connectivity index (χ2v) is 30.1. The average molecular weight is 1160 g/mol. The molecule has 4 atom stereocenters. The third-order valence-corrected chi connectivity index (χ3v) is 24.9. The van der Waals surface area contributed by atoms with Crippen molar-refractivity contribution >= 4 is 51.7 Å². The Bertz CT molecular complexity index is 4270. The third-order valence-electron chi connectivity index (χ3n) is 16.2. The summed E-state index contributed by atoms with van der Waals surface area (Å²) in [6.07, 6.45) is -0.296. The Morgan fingerprint density at radius 1 is 0.402 bits per heavy atom. The number of fused-ring (bicyclic) bond motifs is 12. The molecule has 10 aromatic rings. The monoisotopic (exact) mass is 1150 g/mol. The Hall–Kier alpha value is -7.92. The number of hydrogen-bond acceptors (Lipinski definition) is 10. The summed E-state index contributed by atoms with van der Waals surface area (Å²) in [6, 6.07) is 68.7. The molecule has 0 saturated heterocycles. The molecule has 10 nitrogen and oxygen atoms in total. The van der Waals surface area contributed by atoms with E-state index in [1.54, 1.807) is 12.1 Å². The van der Waals surface area contributed by atoms with Crippen molar-refractivity contribution in [3.63, 3.8) is 0 Å². The SMILES string of the molecule is CC(C)(c1cc(CCOP2Oc3ccccc3-c3ccccc32)c(O)c(CP2(=O)Oc3ccccc3-c3ccccc32)c1)c1cc(CP2(=O)Oc3ccccc3-c3ccccc32)c(O)c(CP2(=O)Oc3ccccc3-c3ccccc32)c1. The van der Waals surface area contributed by atoms with Crippen molar-refractivity contribution in [2.45, 2.75) is 44.2 Å². The van der Waals surface area contributed by atoms with Gasteiger partial charge in [0.25, 0.3) is 30.5 Å². The summed E-state index contributed by atoms with van der Waals surface area (Å²) in [5, 5.41) is 28.0. The van der Waals surface area contributed by atoms with Gasteiger partial charge in [-0.15, -0.1) is 0 Å². The predicted octanol–water partition coefficient (Wildman–Crippen LogP) is 16.2. The highest BCUT2D eigenvalue weighted by Gasteiger charge is 2.42. The maximum Gasteiger partial charge on any atom is 0.282 e. The van der Waals surface area contributed by atoms with E-state index in [0.29, 0.717) is 61.0 Å². The van der Waals surface area contributed by atoms with Crippen LogP contribution in [0.25, 0.3) is 44.5 Å². The van der Waals surface area contributed by atoms with Gasteiger partial charge in [-0.1, -0.05) is 184 Å². The maximum absolute atomic E-state index is 15.8. The standard InChI is InChI=1S/C68H54O10P4/c1-68(2,49-39-46(42-81(72)64-33-17-9-25-56(64)52-21-5-13-29-60(52)77-81)67(70)47(40-49)43-82(73)65-34-18-10-26-57(65)53-22-6-14-30-61(53)78-82)48-37-44(35-36-74-79-62-31-15-7-23-54(62)50-19-3-11-27-58(50)75-79)66(69)45(38-48)41-80(71)63-32-16-8-24-55(63)51-20-4-12-28-59(51)76-80/h3-34,37-40,69-70H,35-36,41-43H2,1-2H3. The molecule has 4 unspecified atom stereocenters. The van der Waals surface area contributed by atoms with E-state index in [1.807, 2.05) is 214 Å². The van der Waals surface area contributed by atoms with Gasteiger partial charge in [0, 0.05) is 44.4 Å². The number of phenolic OH excluding ortho intramolecular Hbond substituents is 2. The molecule has 14 heteroatoms. The Balaban J connectivity index is 0.897. The van der Waals surface area contributed by atoms with Crippen LogP contribution in [0, 0.1) is 0 Å². The maximum atomic E-state index is 15.8. The van der Waals surface area contributed by atoms with E-state index in [1.165, 1.54) is 0 Å². The third kappa shape index (κ3) is 8.92. The van der Waals surface area contributed by atoms with Crippen molar-refractivity contribution in [2.24, 2.45) is 0 Å². The number of hydrogen-bond donors (Lipinski definition) is 2. The van der Waals surface area contributed by atoms with Crippen molar-refractivity contribution < 1.29 is 46.5 Å². The highest BCUT2D eigenvalue weighted by atomic mass is 31.2. The number of para-hydroxylation sites is 4. The fourth-order valence-corrected chi connectivity index (χ4v) is 20.6. The van der Waals surface area contributed by atoms with Crippen LogP contribution in [0.5, 0.6) is 34.5 Å². The van der Waals surface area contributed by atoms with Gasteiger partial charge in [0.15, 0.2) is 0 Å². The minimum absolute atomic E-state index is 0.0357. The van der Waals surface area contributed by atoms with Crippen LogP contribution >= 0.6 is 30.5 Å². The lowest BCUT2D eigenvalue weighted by Gasteiger charge is -2.33. The lowest BCUT2D eigenvalue weighted by atomic mass is 9.76. The molecule has 0 saturated carbocycles. The quantitative estimate of drug-likeness (QED) is 0.114. The molecule has 0 aliphatic carbocycles. The van der Waals surface area contributed by atoms with Crippen LogP contribution in [0.1, 0.15) is 47.2 Å². The Kier molecular flexibility index (Phi) is 12.9. The van der Waals surface area contributed by atoms with Crippen LogP contribution in [-0.4, -0.2) is 16.8 Å². The van der Waals surface area contributed by atoms with E-state index in [-0.39, 0.29) is 43.0 Å². The second-order valence-electron chi connectivity index (χ2n) is 21.7. The summed E-state index contributed by atoms with van der Waals surface area (Å²) in [6.45, 7) is 4.24. The molecule has 82 heavy (non-hydrogen) atoms. The van der Waals surface area contributed by atoms with Crippen LogP contribution in [0.4, 0.5) is 0 Å². The molecule has 2 N–H and O–H groups in total. The molecule has 4 aliphatic rings. The van der Waals surface area contributed by atoms with E-state index in [0.717, 1.165) is 61.1 Å². The van der Waals surface area contributed by atoms with Gasteiger partial charge in [-0.05, 0) is 93.9 Å². The molecule has 0 aromatic heterocycles. The number of aromatic hydroxyl groups is 2. The lowest BCUT2D eigenvalue weighted by molar-refractivity contribution is 0.321. The summed E-state index contributed by atoms with van der Waals surface area (Å²) >= 11 is 0. The topological polar surface area (TPSA) is 138 Å². The van der Waals surface area contributed by atoms with E-state index in [9.17, 15) is 10.2 Å². The summed E-state index contributed by atoms with van der Waals surface area (Å²) in [4.78, 5) is 0. The van der Waals surface area contributed by atoms with Crippen LogP contribution in [-0.2, 0) is 48.5 Å². The molecule has 0 amide bonds. The van der Waals surface area contributed by atoms with Crippen LogP contribution < -0.4 is 39.3 Å². The molecular formula is C68H54O10P4. The van der Waals surface area contributed by atoms with E-state index in [4.69, 9.17) is 22.6 Å². The fourth-order valence-electron chi connectivity index (χ4n) is 12.0. The van der Waals surface area contributed by atoms with Gasteiger partial charge >= 0.3 is 0 Å². The summed E-state index contributed by atoms with van der Waals surface area (Å²) in [5.74, 6) is 1.97. The molecule has 0 spiro atoms. The van der Waals surface area contributed by atoms with Crippen LogP contribution in [0.2, 0.25) is 0 Å². The van der Waals surface area contributed by atoms with E-state index >= 15 is 13.7 Å². The first kappa shape index (κ1) is 52.2. The molecule has 0 bridgehead atoms. The molecule has 14 rings (SSSR count). The van der Waals surface area contributed by atoms with Crippen molar-refractivity contribution in [1.82, 2.24) is 0 Å². The normalized spacial score (nSPS) is 19.6. The van der Waals surface area contributed by atoms with Crippen molar-refractivity contribution in [3.05, 3.63) is 252 Å². The van der Waals surface area contributed by atoms with Crippen LogP contribution in [0.3, 0.4) is 0 Å². The highest BCUT2D eigenvalue weighted by molar-refractivity contribution is 7.67. The van der Waals surface area contributed by atoms with Gasteiger partial charge in [-0.2, -0.15) is 0 Å². The molecular weight excluding hydrogens is 1100 g/mol. The fraction of sp³-hybridized carbons (Fsp3) is 0.118. The molecule has 10 aromatic carbocycles. The zero-order valence-electron chi connectivity index (χ0n) is 44.8. The first-order chi connectivity index (χ1) is 39.8. The second kappa shape index (κ2) is 20.2. The molecule has 0 radical (unpaired) electrons. The molecule has 4 heterocycles. The van der Waals surface area contributed by atoms with Gasteiger partial charge in [0.1, 0.15) is 34.5 Å². The predicted molar refractivity (Wildman–Crippen MR) is 327 cm³/mol. The van der Waals surface area contributed by atoms with Crippen molar-refractivity contribution in [3.8, 4) is 79.0 Å². The highest BCUT2D eigenvalue weighted by Crippen LogP contribution is 2.62. The largest absolute Gasteiger partial charge is 0.507 e. The number of benzene rings is 10. The van der Waals surface area contributed by atoms with E-state index < -0.39 is 35.9 Å². The van der Waals surface area contributed by atoms with Gasteiger partial charge in [0.05, 0.1) is 46.3 Å². The zero-order valence-corrected chi connectivity index (χ0v) is 48.3. The summed E-state index contributed by atoms with van der Waals surface area (Å²) < 4.78 is 80.3. The minimum Gasteiger partial charge on any atom is -0.507 e. The Labute approximate surface area is 477 Å². The lowest BCUT2D eigenvalue weighted by Crippen LogP contribution is -2.23. The number of phenols is 2.